The summed E-state index contributed by atoms with van der Waals surface area (Å²) in [5.41, 5.74) is 2.50. The van der Waals surface area contributed by atoms with Gasteiger partial charge in [-0.1, -0.05) is 18.2 Å². The van der Waals surface area contributed by atoms with Crippen molar-refractivity contribution in [1.82, 2.24) is 10.2 Å². The summed E-state index contributed by atoms with van der Waals surface area (Å²) in [4.78, 5) is 20.3. The lowest BCUT2D eigenvalue weighted by molar-refractivity contribution is -0.127. The molecule has 1 amide bonds. The minimum atomic E-state index is 0. The number of ether oxygens (including phenoxy) is 1. The molecule has 6 nitrogen and oxygen atoms in total. The lowest BCUT2D eigenvalue weighted by Gasteiger charge is -2.27. The fraction of sp³-hybridized carbons (Fsp3) is 0.579. The average Bonchev–Trinajstić information content (AvgIpc) is 3.06. The molecule has 0 aliphatic carbocycles. The van der Waals surface area contributed by atoms with Crippen molar-refractivity contribution in [2.45, 2.75) is 31.8 Å². The summed E-state index contributed by atoms with van der Waals surface area (Å²) in [7, 11) is 3.51. The smallest absolute Gasteiger partial charge is 0.243 e. The fourth-order valence-electron chi connectivity index (χ4n) is 3.25. The lowest BCUT2D eigenvalue weighted by Crippen LogP contribution is -2.45. The number of carbonyl (C=O) groups excluding carboxylic acids is 1. The number of likely N-dealkylation sites (N-methyl/N-ethyl adjacent to an activating group) is 1. The number of aliphatic imine (C=N–C) groups is 1. The fourth-order valence-corrected chi connectivity index (χ4v) is 3.25. The summed E-state index contributed by atoms with van der Waals surface area (Å²) >= 11 is 0. The molecular formula is C19H29IN4O2. The van der Waals surface area contributed by atoms with Crippen LogP contribution >= 0.6 is 24.0 Å². The van der Waals surface area contributed by atoms with Crippen molar-refractivity contribution >= 4 is 41.5 Å². The van der Waals surface area contributed by atoms with Crippen LogP contribution in [0.2, 0.25) is 0 Å². The first-order chi connectivity index (χ1) is 12.1. The number of anilines is 1. The van der Waals surface area contributed by atoms with E-state index in [1.165, 1.54) is 17.7 Å². The predicted molar refractivity (Wildman–Crippen MR) is 115 cm³/mol. The molecule has 2 heterocycles. The van der Waals surface area contributed by atoms with Crippen LogP contribution in [0.3, 0.4) is 0 Å². The molecule has 7 heteroatoms. The van der Waals surface area contributed by atoms with Gasteiger partial charge in [-0.05, 0) is 37.3 Å². The monoisotopic (exact) mass is 472 g/mol. The molecule has 0 spiro atoms. The van der Waals surface area contributed by atoms with Gasteiger partial charge in [0, 0.05) is 39.5 Å². The molecule has 1 aromatic carbocycles. The van der Waals surface area contributed by atoms with Crippen LogP contribution in [0.1, 0.15) is 24.8 Å². The van der Waals surface area contributed by atoms with E-state index < -0.39 is 0 Å². The SMILES string of the molecule is CN(C)C(=O)CN=C(NCC1CCCCO1)N1CCc2ccccc21.I. The van der Waals surface area contributed by atoms with Crippen LogP contribution in [0.4, 0.5) is 5.69 Å². The third-order valence-corrected chi connectivity index (χ3v) is 4.77. The highest BCUT2D eigenvalue weighted by Gasteiger charge is 2.24. The molecule has 0 bridgehead atoms. The maximum atomic E-state index is 12.0. The number of guanidine groups is 1. The summed E-state index contributed by atoms with van der Waals surface area (Å²) < 4.78 is 5.81. The molecule has 26 heavy (non-hydrogen) atoms. The zero-order valence-corrected chi connectivity index (χ0v) is 17.9. The van der Waals surface area contributed by atoms with Gasteiger partial charge in [-0.15, -0.1) is 24.0 Å². The van der Waals surface area contributed by atoms with Crippen LogP contribution in [0.25, 0.3) is 0 Å². The van der Waals surface area contributed by atoms with Gasteiger partial charge in [0.15, 0.2) is 5.96 Å². The van der Waals surface area contributed by atoms with Crippen molar-refractivity contribution in [2.75, 3.05) is 45.2 Å². The number of halogens is 1. The number of carbonyl (C=O) groups is 1. The Kier molecular flexibility index (Phi) is 8.15. The highest BCUT2D eigenvalue weighted by atomic mass is 127. The van der Waals surface area contributed by atoms with E-state index in [0.29, 0.717) is 0 Å². The number of benzene rings is 1. The number of nitrogens with one attached hydrogen (secondary N) is 1. The summed E-state index contributed by atoms with van der Waals surface area (Å²) in [5, 5.41) is 3.45. The van der Waals surface area contributed by atoms with E-state index in [-0.39, 0.29) is 42.5 Å². The molecule has 0 saturated carbocycles. The molecule has 0 aromatic heterocycles. The number of fused-ring (bicyclic) bond motifs is 1. The van der Waals surface area contributed by atoms with Crippen molar-refractivity contribution in [3.05, 3.63) is 29.8 Å². The first-order valence-electron chi connectivity index (χ1n) is 9.10. The second kappa shape index (κ2) is 10.1. The Balaban J connectivity index is 0.00000243. The van der Waals surface area contributed by atoms with Crippen molar-refractivity contribution in [2.24, 2.45) is 4.99 Å². The van der Waals surface area contributed by atoms with Gasteiger partial charge < -0.3 is 19.9 Å². The Bertz CT molecular complexity index is 630. The average molecular weight is 472 g/mol. The molecule has 144 valence electrons. The molecule has 3 rings (SSSR count). The van der Waals surface area contributed by atoms with Crippen molar-refractivity contribution in [3.8, 4) is 0 Å². The van der Waals surface area contributed by atoms with Gasteiger partial charge in [0.05, 0.1) is 6.10 Å². The number of rotatable bonds is 4. The predicted octanol–water partition coefficient (Wildman–Crippen LogP) is 2.27. The zero-order chi connectivity index (χ0) is 17.6. The van der Waals surface area contributed by atoms with E-state index in [4.69, 9.17) is 4.74 Å². The van der Waals surface area contributed by atoms with Crippen molar-refractivity contribution < 1.29 is 9.53 Å². The standard InChI is InChI=1S/C19H28N4O2.HI/c1-22(2)18(24)14-21-19(20-13-16-8-5-6-12-25-16)23-11-10-15-7-3-4-9-17(15)23;/h3-4,7,9,16H,5-6,8,10-14H2,1-2H3,(H,20,21);1H. The first kappa shape index (κ1) is 21.0. The summed E-state index contributed by atoms with van der Waals surface area (Å²) in [5.74, 6) is 0.773. The highest BCUT2D eigenvalue weighted by Crippen LogP contribution is 2.27. The Hall–Kier alpha value is -1.35. The second-order valence-electron chi connectivity index (χ2n) is 6.83. The Morgan fingerprint density at radius 2 is 2.15 bits per heavy atom. The van der Waals surface area contributed by atoms with E-state index in [0.717, 1.165) is 44.9 Å². The summed E-state index contributed by atoms with van der Waals surface area (Å²) in [6, 6.07) is 8.38. The molecule has 1 atom stereocenters. The summed E-state index contributed by atoms with van der Waals surface area (Å²) in [6.07, 6.45) is 4.66. The van der Waals surface area contributed by atoms with Crippen molar-refractivity contribution in [1.29, 1.82) is 0 Å². The lowest BCUT2D eigenvalue weighted by atomic mass is 10.1. The van der Waals surface area contributed by atoms with Gasteiger partial charge >= 0.3 is 0 Å². The van der Waals surface area contributed by atoms with Gasteiger partial charge in [0.1, 0.15) is 6.54 Å². The van der Waals surface area contributed by atoms with Crippen LogP contribution in [0.5, 0.6) is 0 Å². The molecule has 1 N–H and O–H groups in total. The molecule has 2 aliphatic heterocycles. The third kappa shape index (κ3) is 5.33. The number of amides is 1. The number of hydrogen-bond acceptors (Lipinski definition) is 3. The van der Waals surface area contributed by atoms with Gasteiger partial charge in [0.25, 0.3) is 0 Å². The Morgan fingerprint density at radius 1 is 1.35 bits per heavy atom. The highest BCUT2D eigenvalue weighted by molar-refractivity contribution is 14.0. The zero-order valence-electron chi connectivity index (χ0n) is 15.6. The maximum absolute atomic E-state index is 12.0. The maximum Gasteiger partial charge on any atom is 0.243 e. The number of nitrogens with zero attached hydrogens (tertiary/aromatic N) is 3. The third-order valence-electron chi connectivity index (χ3n) is 4.77. The Labute approximate surface area is 173 Å². The molecule has 1 saturated heterocycles. The van der Waals surface area contributed by atoms with Crippen molar-refractivity contribution in [3.63, 3.8) is 0 Å². The minimum absolute atomic E-state index is 0. The normalized spacial score (nSPS) is 19.5. The second-order valence-corrected chi connectivity index (χ2v) is 6.83. The van der Waals surface area contributed by atoms with Crippen LogP contribution in [0.15, 0.2) is 29.3 Å². The van der Waals surface area contributed by atoms with Crippen LogP contribution < -0.4 is 10.2 Å². The topological polar surface area (TPSA) is 57.2 Å². The molecule has 1 unspecified atom stereocenters. The molecule has 1 fully saturated rings. The largest absolute Gasteiger partial charge is 0.376 e. The van der Waals surface area contributed by atoms with Gasteiger partial charge in [-0.3, -0.25) is 4.79 Å². The number of hydrogen-bond donors (Lipinski definition) is 1. The quantitative estimate of drug-likeness (QED) is 0.415. The van der Waals surface area contributed by atoms with E-state index in [1.807, 2.05) is 6.07 Å². The van der Waals surface area contributed by atoms with Gasteiger partial charge in [0.2, 0.25) is 5.91 Å². The van der Waals surface area contributed by atoms with E-state index in [2.05, 4.69) is 33.4 Å². The summed E-state index contributed by atoms with van der Waals surface area (Å²) in [6.45, 7) is 2.60. The Morgan fingerprint density at radius 3 is 2.88 bits per heavy atom. The molecule has 2 aliphatic rings. The van der Waals surface area contributed by atoms with Crippen LogP contribution in [0, 0.1) is 0 Å². The molecular weight excluding hydrogens is 443 g/mol. The first-order valence-corrected chi connectivity index (χ1v) is 9.10. The number of para-hydroxylation sites is 1. The molecule has 1 aromatic rings. The van der Waals surface area contributed by atoms with E-state index in [1.54, 1.807) is 19.0 Å². The van der Waals surface area contributed by atoms with E-state index in [9.17, 15) is 4.79 Å². The van der Waals surface area contributed by atoms with Gasteiger partial charge in [-0.2, -0.15) is 0 Å². The van der Waals surface area contributed by atoms with E-state index >= 15 is 0 Å². The van der Waals surface area contributed by atoms with Crippen LogP contribution in [-0.2, 0) is 16.0 Å². The van der Waals surface area contributed by atoms with Gasteiger partial charge in [-0.25, -0.2) is 4.99 Å². The molecule has 0 radical (unpaired) electrons. The minimum Gasteiger partial charge on any atom is -0.376 e. The van der Waals surface area contributed by atoms with Crippen LogP contribution in [-0.4, -0.2) is 63.2 Å².